The van der Waals surface area contributed by atoms with Crippen molar-refractivity contribution in [2.45, 2.75) is 59.9 Å². The third-order valence-corrected chi connectivity index (χ3v) is 3.12. The van der Waals surface area contributed by atoms with Crippen LogP contribution < -0.4 is 11.3 Å². The minimum absolute atomic E-state index is 0.0985. The maximum absolute atomic E-state index is 11.7. The number of rotatable bonds is 8. The van der Waals surface area contributed by atoms with E-state index in [1.54, 1.807) is 0 Å². The Balaban J connectivity index is 4.37. The first-order chi connectivity index (χ1) is 7.85. The van der Waals surface area contributed by atoms with Gasteiger partial charge in [0.05, 0.1) is 5.41 Å². The summed E-state index contributed by atoms with van der Waals surface area (Å²) in [5.41, 5.74) is 1.81. The molecule has 0 radical (unpaired) electrons. The van der Waals surface area contributed by atoms with E-state index in [0.29, 0.717) is 6.04 Å². The number of hydrogen-bond donors (Lipinski definition) is 2. The van der Waals surface area contributed by atoms with Gasteiger partial charge < -0.3 is 0 Å². The lowest BCUT2D eigenvalue weighted by Gasteiger charge is -2.34. The van der Waals surface area contributed by atoms with E-state index in [1.165, 1.54) is 19.3 Å². The second-order valence-corrected chi connectivity index (χ2v) is 5.63. The molecule has 0 saturated carbocycles. The van der Waals surface area contributed by atoms with E-state index in [4.69, 9.17) is 5.84 Å². The smallest absolute Gasteiger partial charge is 0.240 e. The van der Waals surface area contributed by atoms with Crippen molar-refractivity contribution in [1.29, 1.82) is 0 Å². The van der Waals surface area contributed by atoms with Crippen molar-refractivity contribution >= 4 is 5.91 Å². The molecular weight excluding hydrogens is 214 g/mol. The second-order valence-electron chi connectivity index (χ2n) is 5.63. The largest absolute Gasteiger partial charge is 0.300 e. The number of carbonyl (C=O) groups excluding carboxylic acids is 1. The van der Waals surface area contributed by atoms with Crippen molar-refractivity contribution in [3.05, 3.63) is 0 Å². The fourth-order valence-electron chi connectivity index (χ4n) is 1.86. The Kier molecular flexibility index (Phi) is 7.39. The molecule has 17 heavy (non-hydrogen) atoms. The van der Waals surface area contributed by atoms with E-state index in [9.17, 15) is 4.79 Å². The predicted molar refractivity (Wildman–Crippen MR) is 72.3 cm³/mol. The number of hydrogen-bond acceptors (Lipinski definition) is 3. The van der Waals surface area contributed by atoms with E-state index in [1.807, 2.05) is 13.8 Å². The van der Waals surface area contributed by atoms with E-state index < -0.39 is 5.41 Å². The van der Waals surface area contributed by atoms with Crippen LogP contribution in [0.25, 0.3) is 0 Å². The second kappa shape index (κ2) is 7.67. The molecule has 0 aliphatic carbocycles. The summed E-state index contributed by atoms with van der Waals surface area (Å²) in [5.74, 6) is 5.12. The van der Waals surface area contributed by atoms with Crippen LogP contribution in [0.1, 0.15) is 53.9 Å². The quantitative estimate of drug-likeness (QED) is 0.296. The summed E-state index contributed by atoms with van der Waals surface area (Å²) in [6.45, 7) is 12.2. The van der Waals surface area contributed by atoms with Crippen LogP contribution >= 0.6 is 0 Å². The monoisotopic (exact) mass is 243 g/mol. The number of nitrogens with one attached hydrogen (secondary N) is 1. The van der Waals surface area contributed by atoms with Crippen molar-refractivity contribution in [3.63, 3.8) is 0 Å². The van der Waals surface area contributed by atoms with Crippen LogP contribution in [0.3, 0.4) is 0 Å². The third kappa shape index (κ3) is 6.03. The van der Waals surface area contributed by atoms with Crippen LogP contribution in [0.4, 0.5) is 0 Å². The number of amides is 1. The molecule has 0 saturated heterocycles. The summed E-state index contributed by atoms with van der Waals surface area (Å²) in [7, 11) is 0. The fraction of sp³-hybridized carbons (Fsp3) is 0.923. The Hall–Kier alpha value is -0.610. The molecule has 0 aliphatic heterocycles. The highest BCUT2D eigenvalue weighted by molar-refractivity contribution is 5.81. The standard InChI is InChI=1S/C13H29N3O/c1-6-7-8-9-16(11(2)3)10-13(4,5)12(17)15-14/h11H,6-10,14H2,1-5H3,(H,15,17). The van der Waals surface area contributed by atoms with Gasteiger partial charge in [-0.15, -0.1) is 0 Å². The molecule has 1 amide bonds. The van der Waals surface area contributed by atoms with Crippen LogP contribution in [-0.2, 0) is 4.79 Å². The van der Waals surface area contributed by atoms with Crippen LogP contribution in [0.5, 0.6) is 0 Å². The molecule has 4 heteroatoms. The minimum Gasteiger partial charge on any atom is -0.300 e. The first-order valence-corrected chi connectivity index (χ1v) is 6.60. The lowest BCUT2D eigenvalue weighted by atomic mass is 9.91. The topological polar surface area (TPSA) is 58.4 Å². The number of carbonyl (C=O) groups is 1. The molecule has 102 valence electrons. The van der Waals surface area contributed by atoms with Crippen LogP contribution in [-0.4, -0.2) is 29.9 Å². The molecule has 0 heterocycles. The Morgan fingerprint density at radius 3 is 2.35 bits per heavy atom. The number of nitrogens with two attached hydrogens (primary N) is 1. The number of hydrazine groups is 1. The van der Waals surface area contributed by atoms with Gasteiger partial charge in [0.1, 0.15) is 0 Å². The molecule has 0 aliphatic rings. The fourth-order valence-corrected chi connectivity index (χ4v) is 1.86. The summed E-state index contributed by atoms with van der Waals surface area (Å²) >= 11 is 0. The van der Waals surface area contributed by atoms with Gasteiger partial charge in [0.25, 0.3) is 0 Å². The van der Waals surface area contributed by atoms with Crippen molar-refractivity contribution in [2.75, 3.05) is 13.1 Å². The highest BCUT2D eigenvalue weighted by atomic mass is 16.2. The first kappa shape index (κ1) is 16.4. The van der Waals surface area contributed by atoms with Gasteiger partial charge in [0, 0.05) is 12.6 Å². The molecule has 0 spiro atoms. The van der Waals surface area contributed by atoms with Crippen molar-refractivity contribution in [2.24, 2.45) is 11.3 Å². The Labute approximate surface area is 106 Å². The lowest BCUT2D eigenvalue weighted by Crippen LogP contribution is -2.49. The Morgan fingerprint density at radius 1 is 1.35 bits per heavy atom. The molecule has 0 unspecified atom stereocenters. The van der Waals surface area contributed by atoms with Gasteiger partial charge in [0.15, 0.2) is 0 Å². The van der Waals surface area contributed by atoms with Crippen molar-refractivity contribution < 1.29 is 4.79 Å². The highest BCUT2D eigenvalue weighted by Crippen LogP contribution is 2.19. The van der Waals surface area contributed by atoms with E-state index in [-0.39, 0.29) is 5.91 Å². The maximum Gasteiger partial charge on any atom is 0.240 e. The first-order valence-electron chi connectivity index (χ1n) is 6.60. The Bertz CT molecular complexity index is 227. The molecule has 0 aromatic carbocycles. The third-order valence-electron chi connectivity index (χ3n) is 3.12. The average Bonchev–Trinajstić information content (AvgIpc) is 2.26. The maximum atomic E-state index is 11.7. The predicted octanol–water partition coefficient (Wildman–Crippen LogP) is 1.90. The zero-order chi connectivity index (χ0) is 13.5. The SMILES string of the molecule is CCCCCN(CC(C)(C)C(=O)NN)C(C)C. The number of unbranched alkanes of at least 4 members (excludes halogenated alkanes) is 2. The summed E-state index contributed by atoms with van der Waals surface area (Å²) in [6, 6.07) is 0.455. The van der Waals surface area contributed by atoms with Gasteiger partial charge >= 0.3 is 0 Å². The lowest BCUT2D eigenvalue weighted by molar-refractivity contribution is -0.130. The summed E-state index contributed by atoms with van der Waals surface area (Å²) in [4.78, 5) is 14.0. The van der Waals surface area contributed by atoms with E-state index in [0.717, 1.165) is 13.1 Å². The van der Waals surface area contributed by atoms with Gasteiger partial charge in [0.2, 0.25) is 5.91 Å². The highest BCUT2D eigenvalue weighted by Gasteiger charge is 2.30. The molecule has 4 nitrogen and oxygen atoms in total. The van der Waals surface area contributed by atoms with Gasteiger partial charge in [-0.05, 0) is 40.7 Å². The minimum atomic E-state index is -0.439. The van der Waals surface area contributed by atoms with E-state index >= 15 is 0 Å². The van der Waals surface area contributed by atoms with Gasteiger partial charge in [-0.3, -0.25) is 15.1 Å². The zero-order valence-electron chi connectivity index (χ0n) is 12.0. The zero-order valence-corrected chi connectivity index (χ0v) is 12.0. The summed E-state index contributed by atoms with van der Waals surface area (Å²) < 4.78 is 0. The number of nitrogens with zero attached hydrogens (tertiary/aromatic N) is 1. The van der Waals surface area contributed by atoms with Crippen LogP contribution in [0.2, 0.25) is 0 Å². The van der Waals surface area contributed by atoms with Crippen LogP contribution in [0.15, 0.2) is 0 Å². The van der Waals surface area contributed by atoms with Crippen LogP contribution in [0, 0.1) is 5.41 Å². The normalized spacial score (nSPS) is 12.2. The van der Waals surface area contributed by atoms with Gasteiger partial charge in [-0.25, -0.2) is 5.84 Å². The Morgan fingerprint density at radius 2 is 1.94 bits per heavy atom. The molecule has 0 fully saturated rings. The van der Waals surface area contributed by atoms with E-state index in [2.05, 4.69) is 31.1 Å². The van der Waals surface area contributed by atoms with Crippen molar-refractivity contribution in [1.82, 2.24) is 10.3 Å². The van der Waals surface area contributed by atoms with Crippen molar-refractivity contribution in [3.8, 4) is 0 Å². The molecule has 0 bridgehead atoms. The molecular formula is C13H29N3O. The average molecular weight is 243 g/mol. The van der Waals surface area contributed by atoms with Gasteiger partial charge in [-0.2, -0.15) is 0 Å². The molecule has 0 aromatic heterocycles. The summed E-state index contributed by atoms with van der Waals surface area (Å²) in [6.07, 6.45) is 3.65. The summed E-state index contributed by atoms with van der Waals surface area (Å²) in [5, 5.41) is 0. The molecule has 3 N–H and O–H groups in total. The van der Waals surface area contributed by atoms with Gasteiger partial charge in [-0.1, -0.05) is 19.8 Å². The molecule has 0 atom stereocenters. The molecule has 0 rings (SSSR count). The molecule has 0 aromatic rings.